The van der Waals surface area contributed by atoms with Gasteiger partial charge in [0.15, 0.2) is 0 Å². The molecule has 0 aromatic carbocycles. The first-order valence-electron chi connectivity index (χ1n) is 3.62. The van der Waals surface area contributed by atoms with Gasteiger partial charge in [-0.1, -0.05) is 12.1 Å². The molecule has 0 aromatic heterocycles. The third-order valence-corrected chi connectivity index (χ3v) is 3.28. The van der Waals surface area contributed by atoms with Gasteiger partial charge in [0.2, 0.25) is 0 Å². The zero-order valence-electron chi connectivity index (χ0n) is 6.98. The number of hydrogen-bond acceptors (Lipinski definition) is 5. The highest BCUT2D eigenvalue weighted by atomic mass is 32.2. The molecule has 5 heteroatoms. The fourth-order valence-corrected chi connectivity index (χ4v) is 2.45. The molecule has 0 radical (unpaired) electrons. The van der Waals surface area contributed by atoms with E-state index in [1.165, 1.54) is 18.9 Å². The number of hydrogen-bond donors (Lipinski definition) is 1. The van der Waals surface area contributed by atoms with Crippen molar-refractivity contribution in [3.05, 3.63) is 0 Å². The van der Waals surface area contributed by atoms with E-state index in [-0.39, 0.29) is 11.9 Å². The average Bonchev–Trinajstić information content (AvgIpc) is 2.45. The standard InChI is InChI=1S/C7H11NO3S/c1-4-3-12-6(5(4)8-10)7(9)11-2/h4,6,10H,3H2,1-2H3/b8-5-. The third-order valence-electron chi connectivity index (χ3n) is 1.82. The molecule has 68 valence electrons. The van der Waals surface area contributed by atoms with Gasteiger partial charge in [0.1, 0.15) is 5.25 Å². The van der Waals surface area contributed by atoms with Gasteiger partial charge in [0.05, 0.1) is 12.8 Å². The van der Waals surface area contributed by atoms with Crippen LogP contribution in [-0.4, -0.2) is 35.0 Å². The lowest BCUT2D eigenvalue weighted by Gasteiger charge is -2.06. The Morgan fingerprint density at radius 2 is 2.50 bits per heavy atom. The number of rotatable bonds is 1. The monoisotopic (exact) mass is 189 g/mol. The Morgan fingerprint density at radius 3 is 3.00 bits per heavy atom. The van der Waals surface area contributed by atoms with E-state index in [9.17, 15) is 4.79 Å². The number of carbonyl (C=O) groups excluding carboxylic acids is 1. The number of methoxy groups -OCH3 is 1. The summed E-state index contributed by atoms with van der Waals surface area (Å²) in [4.78, 5) is 11.1. The van der Waals surface area contributed by atoms with Gasteiger partial charge in [-0.05, 0) is 0 Å². The van der Waals surface area contributed by atoms with Crippen LogP contribution >= 0.6 is 11.8 Å². The van der Waals surface area contributed by atoms with Gasteiger partial charge in [0.25, 0.3) is 0 Å². The molecule has 0 aromatic rings. The fraction of sp³-hybridized carbons (Fsp3) is 0.714. The summed E-state index contributed by atoms with van der Waals surface area (Å²) in [6.45, 7) is 1.92. The van der Waals surface area contributed by atoms with Crippen LogP contribution in [0.5, 0.6) is 0 Å². The van der Waals surface area contributed by atoms with Crippen LogP contribution in [0.15, 0.2) is 5.16 Å². The van der Waals surface area contributed by atoms with Crippen LogP contribution in [0.25, 0.3) is 0 Å². The predicted octanol–water partition coefficient (Wildman–Crippen LogP) is 0.741. The van der Waals surface area contributed by atoms with E-state index in [0.29, 0.717) is 5.71 Å². The molecular weight excluding hydrogens is 178 g/mol. The van der Waals surface area contributed by atoms with E-state index >= 15 is 0 Å². The smallest absolute Gasteiger partial charge is 0.324 e. The summed E-state index contributed by atoms with van der Waals surface area (Å²) in [5.74, 6) is 0.625. The topological polar surface area (TPSA) is 58.9 Å². The molecule has 1 fully saturated rings. The molecule has 0 saturated carbocycles. The number of thioether (sulfide) groups is 1. The van der Waals surface area contributed by atoms with E-state index in [1.54, 1.807) is 0 Å². The summed E-state index contributed by atoms with van der Waals surface area (Å²) in [5.41, 5.74) is 0.520. The van der Waals surface area contributed by atoms with Crippen molar-refractivity contribution in [2.75, 3.05) is 12.9 Å². The van der Waals surface area contributed by atoms with Crippen molar-refractivity contribution >= 4 is 23.4 Å². The summed E-state index contributed by atoms with van der Waals surface area (Å²) in [5, 5.41) is 11.3. The van der Waals surface area contributed by atoms with Crippen molar-refractivity contribution in [3.8, 4) is 0 Å². The second kappa shape index (κ2) is 3.80. The molecule has 1 aliphatic heterocycles. The summed E-state index contributed by atoms with van der Waals surface area (Å²) < 4.78 is 4.56. The summed E-state index contributed by atoms with van der Waals surface area (Å²) in [6, 6.07) is 0. The summed E-state index contributed by atoms with van der Waals surface area (Å²) >= 11 is 1.45. The number of ether oxygens (including phenoxy) is 1. The maximum absolute atomic E-state index is 11.1. The summed E-state index contributed by atoms with van der Waals surface area (Å²) in [6.07, 6.45) is 0. The molecule has 1 saturated heterocycles. The molecule has 0 aliphatic carbocycles. The lowest BCUT2D eigenvalue weighted by atomic mass is 10.1. The Bertz CT molecular complexity index is 217. The quantitative estimate of drug-likeness (QED) is 0.375. The van der Waals surface area contributed by atoms with E-state index < -0.39 is 5.25 Å². The summed E-state index contributed by atoms with van der Waals surface area (Å²) in [7, 11) is 1.33. The molecule has 1 heterocycles. The first-order chi connectivity index (χ1) is 5.70. The van der Waals surface area contributed by atoms with E-state index in [2.05, 4.69) is 9.89 Å². The zero-order valence-corrected chi connectivity index (χ0v) is 7.80. The van der Waals surface area contributed by atoms with Crippen molar-refractivity contribution < 1.29 is 14.7 Å². The number of nitrogens with zero attached hydrogens (tertiary/aromatic N) is 1. The first-order valence-corrected chi connectivity index (χ1v) is 4.66. The molecule has 1 rings (SSSR count). The lowest BCUT2D eigenvalue weighted by molar-refractivity contribution is -0.138. The average molecular weight is 189 g/mol. The van der Waals surface area contributed by atoms with Gasteiger partial charge >= 0.3 is 5.97 Å². The maximum atomic E-state index is 11.1. The Labute approximate surface area is 75.0 Å². The highest BCUT2D eigenvalue weighted by Gasteiger charge is 2.36. The van der Waals surface area contributed by atoms with Gasteiger partial charge in [-0.3, -0.25) is 4.79 Å². The lowest BCUT2D eigenvalue weighted by Crippen LogP contribution is -2.26. The molecular formula is C7H11NO3S. The number of oxime groups is 1. The van der Waals surface area contributed by atoms with Gasteiger partial charge < -0.3 is 9.94 Å². The van der Waals surface area contributed by atoms with Crippen molar-refractivity contribution in [2.45, 2.75) is 12.2 Å². The van der Waals surface area contributed by atoms with E-state index in [4.69, 9.17) is 5.21 Å². The van der Waals surface area contributed by atoms with Gasteiger partial charge in [-0.15, -0.1) is 11.8 Å². The van der Waals surface area contributed by atoms with Crippen molar-refractivity contribution in [3.63, 3.8) is 0 Å². The molecule has 1 N–H and O–H groups in total. The number of esters is 1. The van der Waals surface area contributed by atoms with Crippen LogP contribution in [-0.2, 0) is 9.53 Å². The largest absolute Gasteiger partial charge is 0.468 e. The van der Waals surface area contributed by atoms with Crippen LogP contribution in [0.2, 0.25) is 0 Å². The maximum Gasteiger partial charge on any atom is 0.324 e. The van der Waals surface area contributed by atoms with E-state index in [0.717, 1.165) is 5.75 Å². The predicted molar refractivity (Wildman–Crippen MR) is 46.6 cm³/mol. The van der Waals surface area contributed by atoms with Gasteiger partial charge in [0, 0.05) is 11.7 Å². The Balaban J connectivity index is 2.74. The van der Waals surface area contributed by atoms with Crippen LogP contribution in [0, 0.1) is 5.92 Å². The number of carbonyl (C=O) groups is 1. The molecule has 0 spiro atoms. The molecule has 12 heavy (non-hydrogen) atoms. The van der Waals surface area contributed by atoms with Gasteiger partial charge in [-0.25, -0.2) is 0 Å². The Kier molecular flexibility index (Phi) is 2.97. The Morgan fingerprint density at radius 1 is 1.83 bits per heavy atom. The van der Waals surface area contributed by atoms with Crippen LogP contribution in [0.3, 0.4) is 0 Å². The zero-order chi connectivity index (χ0) is 9.14. The normalized spacial score (nSPS) is 32.3. The third kappa shape index (κ3) is 1.55. The van der Waals surface area contributed by atoms with Crippen LogP contribution in [0.4, 0.5) is 0 Å². The fourth-order valence-electron chi connectivity index (χ4n) is 1.12. The van der Waals surface area contributed by atoms with Crippen molar-refractivity contribution in [1.29, 1.82) is 0 Å². The second-order valence-electron chi connectivity index (χ2n) is 2.66. The minimum atomic E-state index is -0.407. The van der Waals surface area contributed by atoms with Crippen molar-refractivity contribution in [1.82, 2.24) is 0 Å². The molecule has 0 amide bonds. The molecule has 0 bridgehead atoms. The highest BCUT2D eigenvalue weighted by molar-refractivity contribution is 8.01. The highest BCUT2D eigenvalue weighted by Crippen LogP contribution is 2.29. The Hall–Kier alpha value is -0.710. The van der Waals surface area contributed by atoms with Crippen molar-refractivity contribution in [2.24, 2.45) is 11.1 Å². The van der Waals surface area contributed by atoms with Crippen LogP contribution < -0.4 is 0 Å². The van der Waals surface area contributed by atoms with Crippen LogP contribution in [0.1, 0.15) is 6.92 Å². The minimum Gasteiger partial charge on any atom is -0.468 e. The molecule has 2 unspecified atom stereocenters. The minimum absolute atomic E-state index is 0.157. The molecule has 2 atom stereocenters. The van der Waals surface area contributed by atoms with E-state index in [1.807, 2.05) is 6.92 Å². The SMILES string of the molecule is COC(=O)C1SCC(C)/C1=N/O. The van der Waals surface area contributed by atoms with Gasteiger partial charge in [-0.2, -0.15) is 0 Å². The molecule has 1 aliphatic rings. The molecule has 4 nitrogen and oxygen atoms in total. The first kappa shape index (κ1) is 9.38. The second-order valence-corrected chi connectivity index (χ2v) is 3.80.